The molecule has 6 nitrogen and oxygen atoms in total. The third-order valence-corrected chi connectivity index (χ3v) is 5.44. The van der Waals surface area contributed by atoms with Crippen LogP contribution in [0.15, 0.2) is 24.4 Å². The number of hydrogen-bond donors (Lipinski definition) is 2. The first-order valence-corrected chi connectivity index (χ1v) is 10.2. The number of amides is 1. The molecule has 3 rings (SSSR count). The number of fused-ring (bicyclic) bond motifs is 1. The quantitative estimate of drug-likeness (QED) is 0.649. The standard InChI is InChI=1S/C20H27N5OS/c1-6-21-13(4)10-22-20(26)15-9-17(18-8-7-14(5)27-18)24-19-16(15)11-23-25(19)12(2)3/h7-9,11-13,21H,6,10H2,1-5H3,(H,22,26)/t13-/m1/s1. The van der Waals surface area contributed by atoms with E-state index in [1.807, 2.05) is 10.7 Å². The van der Waals surface area contributed by atoms with Gasteiger partial charge in [0.2, 0.25) is 0 Å². The number of nitrogens with one attached hydrogen (secondary N) is 2. The molecule has 0 aliphatic heterocycles. The van der Waals surface area contributed by atoms with Gasteiger partial charge in [-0.3, -0.25) is 4.79 Å². The van der Waals surface area contributed by atoms with E-state index in [1.54, 1.807) is 17.5 Å². The van der Waals surface area contributed by atoms with E-state index in [0.29, 0.717) is 12.1 Å². The zero-order valence-electron chi connectivity index (χ0n) is 16.5. The molecule has 3 aromatic heterocycles. The topological polar surface area (TPSA) is 71.8 Å². The monoisotopic (exact) mass is 385 g/mol. The van der Waals surface area contributed by atoms with Gasteiger partial charge in [0, 0.05) is 23.5 Å². The van der Waals surface area contributed by atoms with E-state index >= 15 is 0 Å². The molecule has 0 spiro atoms. The van der Waals surface area contributed by atoms with Crippen LogP contribution in [0, 0.1) is 6.92 Å². The highest BCUT2D eigenvalue weighted by Crippen LogP contribution is 2.30. The second kappa shape index (κ2) is 8.19. The Morgan fingerprint density at radius 2 is 2.07 bits per heavy atom. The molecule has 2 N–H and O–H groups in total. The molecule has 27 heavy (non-hydrogen) atoms. The van der Waals surface area contributed by atoms with Gasteiger partial charge < -0.3 is 10.6 Å². The van der Waals surface area contributed by atoms with Crippen LogP contribution in [0.25, 0.3) is 21.6 Å². The van der Waals surface area contributed by atoms with Crippen LogP contribution in [-0.2, 0) is 0 Å². The van der Waals surface area contributed by atoms with Crippen LogP contribution in [0.1, 0.15) is 49.0 Å². The minimum atomic E-state index is -0.0926. The first-order valence-electron chi connectivity index (χ1n) is 9.37. The number of carbonyl (C=O) groups is 1. The molecule has 0 aliphatic carbocycles. The third kappa shape index (κ3) is 4.20. The molecule has 0 aromatic carbocycles. The summed E-state index contributed by atoms with van der Waals surface area (Å²) in [5.41, 5.74) is 2.18. The van der Waals surface area contributed by atoms with Gasteiger partial charge in [0.15, 0.2) is 5.65 Å². The fourth-order valence-electron chi connectivity index (χ4n) is 3.04. The van der Waals surface area contributed by atoms with Crippen molar-refractivity contribution in [2.24, 2.45) is 0 Å². The number of likely N-dealkylation sites (N-methyl/N-ethyl adjacent to an activating group) is 1. The molecule has 3 aromatic rings. The molecule has 0 aliphatic rings. The van der Waals surface area contributed by atoms with Crippen molar-refractivity contribution < 1.29 is 4.79 Å². The summed E-state index contributed by atoms with van der Waals surface area (Å²) >= 11 is 1.68. The fraction of sp³-hybridized carbons (Fsp3) is 0.450. The molecule has 0 saturated heterocycles. The molecule has 3 heterocycles. The Morgan fingerprint density at radius 3 is 2.70 bits per heavy atom. The van der Waals surface area contributed by atoms with Crippen LogP contribution in [0.2, 0.25) is 0 Å². The molecular weight excluding hydrogens is 358 g/mol. The van der Waals surface area contributed by atoms with Crippen LogP contribution in [0.5, 0.6) is 0 Å². The van der Waals surface area contributed by atoms with Gasteiger partial charge in [-0.2, -0.15) is 5.10 Å². The molecule has 0 saturated carbocycles. The van der Waals surface area contributed by atoms with Crippen LogP contribution in [0.4, 0.5) is 0 Å². The number of aromatic nitrogens is 3. The molecule has 0 radical (unpaired) electrons. The van der Waals surface area contributed by atoms with Crippen LogP contribution in [0.3, 0.4) is 0 Å². The van der Waals surface area contributed by atoms with Crippen molar-refractivity contribution in [2.75, 3.05) is 13.1 Å². The SMILES string of the molecule is CCN[C@H](C)CNC(=O)c1cc(-c2ccc(C)s2)nc2c1cnn2C(C)C. The molecule has 0 fully saturated rings. The first-order chi connectivity index (χ1) is 12.9. The average Bonchev–Trinajstić information content (AvgIpc) is 3.25. The lowest BCUT2D eigenvalue weighted by Gasteiger charge is -2.14. The van der Waals surface area contributed by atoms with E-state index in [2.05, 4.69) is 62.5 Å². The van der Waals surface area contributed by atoms with Crippen molar-refractivity contribution in [1.82, 2.24) is 25.4 Å². The van der Waals surface area contributed by atoms with Crippen molar-refractivity contribution >= 4 is 28.3 Å². The third-order valence-electron chi connectivity index (χ3n) is 4.41. The molecule has 1 amide bonds. The highest BCUT2D eigenvalue weighted by Gasteiger charge is 2.19. The van der Waals surface area contributed by atoms with E-state index in [1.165, 1.54) is 4.88 Å². The van der Waals surface area contributed by atoms with Crippen LogP contribution < -0.4 is 10.6 Å². The molecule has 0 unspecified atom stereocenters. The summed E-state index contributed by atoms with van der Waals surface area (Å²) in [5.74, 6) is -0.0926. The lowest BCUT2D eigenvalue weighted by atomic mass is 10.1. The van der Waals surface area contributed by atoms with Crippen LogP contribution in [-0.4, -0.2) is 39.8 Å². The predicted octanol–water partition coefficient (Wildman–Crippen LogP) is 3.78. The molecule has 7 heteroatoms. The summed E-state index contributed by atoms with van der Waals surface area (Å²) in [6.07, 6.45) is 1.74. The van der Waals surface area contributed by atoms with E-state index in [4.69, 9.17) is 4.98 Å². The first kappa shape index (κ1) is 19.5. The van der Waals surface area contributed by atoms with Gasteiger partial charge >= 0.3 is 0 Å². The van der Waals surface area contributed by atoms with E-state index in [9.17, 15) is 4.79 Å². The Labute approximate surface area is 164 Å². The maximum absolute atomic E-state index is 12.9. The number of nitrogens with zero attached hydrogens (tertiary/aromatic N) is 3. The van der Waals surface area contributed by atoms with E-state index < -0.39 is 0 Å². The van der Waals surface area contributed by atoms with Crippen molar-refractivity contribution in [3.8, 4) is 10.6 Å². The second-order valence-corrected chi connectivity index (χ2v) is 8.34. The van der Waals surface area contributed by atoms with Gasteiger partial charge in [0.25, 0.3) is 5.91 Å². The van der Waals surface area contributed by atoms with E-state index in [0.717, 1.165) is 28.1 Å². The highest BCUT2D eigenvalue weighted by molar-refractivity contribution is 7.15. The lowest BCUT2D eigenvalue weighted by Crippen LogP contribution is -2.38. The number of aryl methyl sites for hydroxylation is 1. The predicted molar refractivity (Wildman–Crippen MR) is 111 cm³/mol. The normalized spacial score (nSPS) is 12.7. The van der Waals surface area contributed by atoms with Crippen molar-refractivity contribution in [2.45, 2.75) is 46.7 Å². The summed E-state index contributed by atoms with van der Waals surface area (Å²) in [6, 6.07) is 6.39. The Morgan fingerprint density at radius 1 is 1.30 bits per heavy atom. The molecule has 144 valence electrons. The number of thiophene rings is 1. The largest absolute Gasteiger partial charge is 0.350 e. The maximum atomic E-state index is 12.9. The van der Waals surface area contributed by atoms with Crippen LogP contribution >= 0.6 is 11.3 Å². The Kier molecular flexibility index (Phi) is 5.92. The van der Waals surface area contributed by atoms with Crippen molar-refractivity contribution in [3.63, 3.8) is 0 Å². The number of pyridine rings is 1. The Hall–Kier alpha value is -2.25. The zero-order valence-corrected chi connectivity index (χ0v) is 17.4. The maximum Gasteiger partial charge on any atom is 0.252 e. The summed E-state index contributed by atoms with van der Waals surface area (Å²) in [7, 11) is 0. The number of carbonyl (C=O) groups excluding carboxylic acids is 1. The lowest BCUT2D eigenvalue weighted by molar-refractivity contribution is 0.0952. The van der Waals surface area contributed by atoms with Gasteiger partial charge in [-0.1, -0.05) is 6.92 Å². The summed E-state index contributed by atoms with van der Waals surface area (Å²) in [5, 5.41) is 11.6. The number of hydrogen-bond acceptors (Lipinski definition) is 5. The van der Waals surface area contributed by atoms with Crippen molar-refractivity contribution in [1.29, 1.82) is 0 Å². The van der Waals surface area contributed by atoms with E-state index in [-0.39, 0.29) is 18.0 Å². The minimum Gasteiger partial charge on any atom is -0.350 e. The van der Waals surface area contributed by atoms with Gasteiger partial charge in [0.1, 0.15) is 0 Å². The fourth-order valence-corrected chi connectivity index (χ4v) is 3.87. The Bertz CT molecular complexity index is 943. The number of rotatable bonds is 7. The minimum absolute atomic E-state index is 0.0926. The average molecular weight is 386 g/mol. The molecule has 0 bridgehead atoms. The van der Waals surface area contributed by atoms with Gasteiger partial charge in [0.05, 0.1) is 27.7 Å². The Balaban J connectivity index is 2.03. The van der Waals surface area contributed by atoms with Gasteiger partial charge in [-0.25, -0.2) is 9.67 Å². The summed E-state index contributed by atoms with van der Waals surface area (Å²) in [4.78, 5) is 20.0. The van der Waals surface area contributed by atoms with Crippen molar-refractivity contribution in [3.05, 3.63) is 34.8 Å². The second-order valence-electron chi connectivity index (χ2n) is 7.05. The molecule has 1 atom stereocenters. The van der Waals surface area contributed by atoms with Gasteiger partial charge in [-0.15, -0.1) is 11.3 Å². The highest BCUT2D eigenvalue weighted by atomic mass is 32.1. The summed E-state index contributed by atoms with van der Waals surface area (Å²) < 4.78 is 1.87. The zero-order chi connectivity index (χ0) is 19.6. The summed E-state index contributed by atoms with van der Waals surface area (Å²) in [6.45, 7) is 11.8. The van der Waals surface area contributed by atoms with Gasteiger partial charge in [-0.05, 0) is 52.4 Å². The smallest absolute Gasteiger partial charge is 0.252 e. The molecular formula is C20H27N5OS.